The highest BCUT2D eigenvalue weighted by atomic mass is 32.2. The van der Waals surface area contributed by atoms with Gasteiger partial charge in [0, 0.05) is 12.1 Å². The van der Waals surface area contributed by atoms with Crippen molar-refractivity contribution in [1.29, 1.82) is 0 Å². The topological polar surface area (TPSA) is 78.8 Å². The third-order valence-electron chi connectivity index (χ3n) is 5.14. The number of para-hydroxylation sites is 1. The minimum absolute atomic E-state index is 0.197. The van der Waals surface area contributed by atoms with E-state index < -0.39 is 15.4 Å². The third kappa shape index (κ3) is 2.34. The quantitative estimate of drug-likeness (QED) is 0.883. The second-order valence-corrected chi connectivity index (χ2v) is 8.75. The van der Waals surface area contributed by atoms with Crippen molar-refractivity contribution in [3.05, 3.63) is 59.7 Å². The molecule has 1 amide bonds. The van der Waals surface area contributed by atoms with Gasteiger partial charge in [0.15, 0.2) is 0 Å². The molecule has 134 valence electrons. The zero-order chi connectivity index (χ0) is 18.5. The van der Waals surface area contributed by atoms with E-state index in [1.165, 1.54) is 4.31 Å². The van der Waals surface area contributed by atoms with Crippen LogP contribution in [-0.2, 0) is 14.8 Å². The number of carbonyl (C=O) groups excluding carboxylic acids is 1. The summed E-state index contributed by atoms with van der Waals surface area (Å²) in [4.78, 5) is 12.6. The SMILES string of the molecule is Cc1ccc(S(=O)(=O)N2CCC3(C)C(=O)NN=C3c3ccccc32)cc1. The lowest BCUT2D eigenvalue weighted by atomic mass is 9.79. The molecule has 1 unspecified atom stereocenters. The molecule has 7 heteroatoms. The van der Waals surface area contributed by atoms with Crippen LogP contribution in [0, 0.1) is 12.3 Å². The highest BCUT2D eigenvalue weighted by Gasteiger charge is 2.47. The third-order valence-corrected chi connectivity index (χ3v) is 6.97. The number of nitrogens with zero attached hydrogens (tertiary/aromatic N) is 2. The molecule has 0 bridgehead atoms. The Balaban J connectivity index is 1.89. The van der Waals surface area contributed by atoms with E-state index >= 15 is 0 Å². The van der Waals surface area contributed by atoms with E-state index in [2.05, 4.69) is 10.5 Å². The van der Waals surface area contributed by atoms with Gasteiger partial charge in [0.2, 0.25) is 0 Å². The first kappa shape index (κ1) is 16.8. The summed E-state index contributed by atoms with van der Waals surface area (Å²) in [5.74, 6) is -0.197. The number of hydrogen-bond donors (Lipinski definition) is 1. The predicted molar refractivity (Wildman–Crippen MR) is 99.6 cm³/mol. The average Bonchev–Trinajstić information content (AvgIpc) is 2.83. The highest BCUT2D eigenvalue weighted by Crippen LogP contribution is 2.40. The normalized spacial score (nSPS) is 22.2. The van der Waals surface area contributed by atoms with E-state index in [1.54, 1.807) is 36.4 Å². The number of hydrogen-bond acceptors (Lipinski definition) is 4. The summed E-state index contributed by atoms with van der Waals surface area (Å²) in [6.07, 6.45) is 0.359. The van der Waals surface area contributed by atoms with Crippen molar-refractivity contribution in [1.82, 2.24) is 5.43 Å². The molecule has 1 N–H and O–H groups in total. The summed E-state index contributed by atoms with van der Waals surface area (Å²) >= 11 is 0. The molecule has 6 nitrogen and oxygen atoms in total. The number of anilines is 1. The number of nitrogens with one attached hydrogen (secondary N) is 1. The number of sulfonamides is 1. The lowest BCUT2D eigenvalue weighted by Gasteiger charge is -2.25. The van der Waals surface area contributed by atoms with E-state index in [-0.39, 0.29) is 17.3 Å². The van der Waals surface area contributed by atoms with Gasteiger partial charge in [-0.15, -0.1) is 0 Å². The zero-order valence-corrected chi connectivity index (χ0v) is 15.4. The fraction of sp³-hybridized carbons (Fsp3) is 0.263. The maximum Gasteiger partial charge on any atom is 0.264 e. The van der Waals surface area contributed by atoms with Crippen LogP contribution < -0.4 is 9.73 Å². The van der Waals surface area contributed by atoms with Crippen molar-refractivity contribution in [3.63, 3.8) is 0 Å². The fourth-order valence-electron chi connectivity index (χ4n) is 3.47. The van der Waals surface area contributed by atoms with Gasteiger partial charge in [0.1, 0.15) is 0 Å². The Bertz CT molecular complexity index is 1030. The average molecular weight is 369 g/mol. The Morgan fingerprint density at radius 3 is 2.54 bits per heavy atom. The smallest absolute Gasteiger partial charge is 0.264 e. The first-order chi connectivity index (χ1) is 12.3. The minimum atomic E-state index is -3.74. The van der Waals surface area contributed by atoms with E-state index in [1.807, 2.05) is 26.0 Å². The molecule has 2 aliphatic heterocycles. The van der Waals surface area contributed by atoms with Gasteiger partial charge in [0.25, 0.3) is 15.9 Å². The number of amides is 1. The number of carbonyl (C=O) groups is 1. The lowest BCUT2D eigenvalue weighted by molar-refractivity contribution is -0.125. The largest absolute Gasteiger partial charge is 0.272 e. The van der Waals surface area contributed by atoms with Gasteiger partial charge in [-0.25, -0.2) is 13.8 Å². The van der Waals surface area contributed by atoms with Crippen LogP contribution in [0.3, 0.4) is 0 Å². The standard InChI is InChI=1S/C19H19N3O3S/c1-13-7-9-14(10-8-13)26(24,25)22-12-11-19(2)17(20-21-18(19)23)15-5-3-4-6-16(15)22/h3-10H,11-12H2,1-2H3,(H,21,23). The maximum absolute atomic E-state index is 13.3. The monoisotopic (exact) mass is 369 g/mol. The highest BCUT2D eigenvalue weighted by molar-refractivity contribution is 7.92. The first-order valence-corrected chi connectivity index (χ1v) is 9.85. The number of fused-ring (bicyclic) bond motifs is 3. The van der Waals surface area contributed by atoms with Gasteiger partial charge in [-0.2, -0.15) is 5.10 Å². The number of hydrazone groups is 1. The molecule has 1 atom stereocenters. The van der Waals surface area contributed by atoms with Crippen molar-refractivity contribution in [2.24, 2.45) is 10.5 Å². The van der Waals surface area contributed by atoms with Crippen molar-refractivity contribution < 1.29 is 13.2 Å². The molecular formula is C19H19N3O3S. The Kier molecular flexibility index (Phi) is 3.66. The molecule has 2 heterocycles. The fourth-order valence-corrected chi connectivity index (χ4v) is 4.96. The number of rotatable bonds is 2. The Morgan fingerprint density at radius 2 is 1.81 bits per heavy atom. The predicted octanol–water partition coefficient (Wildman–Crippen LogP) is 2.43. The number of benzene rings is 2. The Hall–Kier alpha value is -2.67. The van der Waals surface area contributed by atoms with Crippen LogP contribution in [0.5, 0.6) is 0 Å². The second-order valence-electron chi connectivity index (χ2n) is 6.89. The van der Waals surface area contributed by atoms with Gasteiger partial charge in [-0.3, -0.25) is 9.10 Å². The van der Waals surface area contributed by atoms with Crippen molar-refractivity contribution >= 4 is 27.3 Å². The molecule has 0 fully saturated rings. The van der Waals surface area contributed by atoms with E-state index in [0.29, 0.717) is 23.4 Å². The molecule has 0 aliphatic carbocycles. The van der Waals surface area contributed by atoms with Crippen LogP contribution in [0.15, 0.2) is 58.5 Å². The molecule has 2 aromatic rings. The summed E-state index contributed by atoms with van der Waals surface area (Å²) in [6, 6.07) is 14.0. The van der Waals surface area contributed by atoms with Crippen molar-refractivity contribution in [2.45, 2.75) is 25.2 Å². The molecule has 0 radical (unpaired) electrons. The molecule has 0 spiro atoms. The van der Waals surface area contributed by atoms with Crippen LogP contribution in [0.2, 0.25) is 0 Å². The van der Waals surface area contributed by atoms with Gasteiger partial charge in [-0.05, 0) is 38.5 Å². The van der Waals surface area contributed by atoms with E-state index in [4.69, 9.17) is 0 Å². The van der Waals surface area contributed by atoms with Crippen LogP contribution in [0.1, 0.15) is 24.5 Å². The zero-order valence-electron chi connectivity index (χ0n) is 14.6. The van der Waals surface area contributed by atoms with Crippen LogP contribution in [-0.4, -0.2) is 26.6 Å². The van der Waals surface area contributed by atoms with Gasteiger partial charge >= 0.3 is 0 Å². The number of aryl methyl sites for hydroxylation is 1. The first-order valence-electron chi connectivity index (χ1n) is 8.41. The molecule has 0 saturated heterocycles. The summed E-state index contributed by atoms with van der Waals surface area (Å²) in [7, 11) is -3.74. The van der Waals surface area contributed by atoms with Crippen molar-refractivity contribution in [3.8, 4) is 0 Å². The maximum atomic E-state index is 13.3. The molecule has 2 aliphatic rings. The molecular weight excluding hydrogens is 350 g/mol. The Morgan fingerprint density at radius 1 is 1.12 bits per heavy atom. The molecule has 4 rings (SSSR count). The summed E-state index contributed by atoms with van der Waals surface area (Å²) in [6.45, 7) is 3.93. The second kappa shape index (κ2) is 5.67. The minimum Gasteiger partial charge on any atom is -0.272 e. The molecule has 26 heavy (non-hydrogen) atoms. The summed E-state index contributed by atoms with van der Waals surface area (Å²) in [5, 5.41) is 4.21. The van der Waals surface area contributed by atoms with Crippen LogP contribution in [0.25, 0.3) is 0 Å². The van der Waals surface area contributed by atoms with Gasteiger partial charge in [0.05, 0.1) is 21.7 Å². The van der Waals surface area contributed by atoms with E-state index in [9.17, 15) is 13.2 Å². The van der Waals surface area contributed by atoms with Crippen molar-refractivity contribution in [2.75, 3.05) is 10.8 Å². The van der Waals surface area contributed by atoms with E-state index in [0.717, 1.165) is 5.56 Å². The molecule has 0 saturated carbocycles. The van der Waals surface area contributed by atoms with Crippen LogP contribution in [0.4, 0.5) is 5.69 Å². The summed E-state index contributed by atoms with van der Waals surface area (Å²) in [5.41, 5.74) is 4.51. The van der Waals surface area contributed by atoms with Crippen LogP contribution >= 0.6 is 0 Å². The summed E-state index contributed by atoms with van der Waals surface area (Å²) < 4.78 is 28.0. The van der Waals surface area contributed by atoms with Gasteiger partial charge in [-0.1, -0.05) is 35.9 Å². The molecule has 2 aromatic carbocycles. The molecule has 0 aromatic heterocycles. The lowest BCUT2D eigenvalue weighted by Crippen LogP contribution is -2.38. The van der Waals surface area contributed by atoms with Gasteiger partial charge < -0.3 is 0 Å². The Labute approximate surface area is 152 Å².